The summed E-state index contributed by atoms with van der Waals surface area (Å²) in [7, 11) is 0. The molecule has 1 heterocycles. The van der Waals surface area contributed by atoms with Crippen molar-refractivity contribution >= 4 is 37.4 Å². The summed E-state index contributed by atoms with van der Waals surface area (Å²) in [6.45, 7) is 2.07. The number of rotatable bonds is 1. The van der Waals surface area contributed by atoms with Gasteiger partial charge in [-0.05, 0) is 39.4 Å². The molecule has 3 heteroatoms. The van der Waals surface area contributed by atoms with Gasteiger partial charge in [-0.3, -0.25) is 0 Å². The molecule has 0 radical (unpaired) electrons. The Balaban J connectivity index is 2.84. The van der Waals surface area contributed by atoms with Crippen molar-refractivity contribution in [3.05, 3.63) is 33.1 Å². The second-order valence-corrected chi connectivity index (χ2v) is 5.47. The smallest absolute Gasteiger partial charge is 0.101 e. The molecule has 0 unspecified atom stereocenters. The van der Waals surface area contributed by atoms with Gasteiger partial charge < -0.3 is 0 Å². The standard InChI is InChI=1S/C11H8BrNS/c1-2-7-3-4-8-5-10(12)14-11(8)9(7)6-13/h3-5H,2H2,1H3. The van der Waals surface area contributed by atoms with Gasteiger partial charge in [-0.15, -0.1) is 11.3 Å². The van der Waals surface area contributed by atoms with E-state index in [9.17, 15) is 0 Å². The Morgan fingerprint density at radius 1 is 1.50 bits per heavy atom. The quantitative estimate of drug-likeness (QED) is 0.762. The number of benzene rings is 1. The summed E-state index contributed by atoms with van der Waals surface area (Å²) in [6, 6.07) is 8.47. The maximum absolute atomic E-state index is 9.10. The Morgan fingerprint density at radius 3 is 2.93 bits per heavy atom. The van der Waals surface area contributed by atoms with E-state index < -0.39 is 0 Å². The van der Waals surface area contributed by atoms with Crippen molar-refractivity contribution in [2.45, 2.75) is 13.3 Å². The molecule has 0 bridgehead atoms. The zero-order valence-electron chi connectivity index (χ0n) is 7.67. The van der Waals surface area contributed by atoms with Crippen molar-refractivity contribution in [2.24, 2.45) is 0 Å². The number of halogens is 1. The highest BCUT2D eigenvalue weighted by atomic mass is 79.9. The van der Waals surface area contributed by atoms with Crippen LogP contribution in [0.25, 0.3) is 10.1 Å². The van der Waals surface area contributed by atoms with Crippen LogP contribution in [0.2, 0.25) is 0 Å². The van der Waals surface area contributed by atoms with E-state index in [0.29, 0.717) is 0 Å². The molecule has 0 saturated heterocycles. The minimum atomic E-state index is 0.834. The van der Waals surface area contributed by atoms with Crippen LogP contribution in [0.1, 0.15) is 18.1 Å². The topological polar surface area (TPSA) is 23.8 Å². The number of aryl methyl sites for hydroxylation is 1. The van der Waals surface area contributed by atoms with E-state index in [2.05, 4.69) is 41.1 Å². The fourth-order valence-electron chi connectivity index (χ4n) is 1.53. The molecule has 0 atom stereocenters. The average Bonchev–Trinajstić information content (AvgIpc) is 2.56. The molecule has 2 aromatic rings. The van der Waals surface area contributed by atoms with Crippen LogP contribution in [-0.2, 0) is 6.42 Å². The second kappa shape index (κ2) is 3.72. The van der Waals surface area contributed by atoms with Crippen molar-refractivity contribution in [1.29, 1.82) is 5.26 Å². The molecule has 0 spiro atoms. The molecule has 70 valence electrons. The number of nitriles is 1. The van der Waals surface area contributed by atoms with Crippen LogP contribution in [0.5, 0.6) is 0 Å². The number of nitrogens with zero attached hydrogens (tertiary/aromatic N) is 1. The molecule has 1 aromatic heterocycles. The van der Waals surface area contributed by atoms with Crippen molar-refractivity contribution < 1.29 is 0 Å². The Labute approximate surface area is 95.1 Å². The van der Waals surface area contributed by atoms with Gasteiger partial charge in [0.15, 0.2) is 0 Å². The van der Waals surface area contributed by atoms with Gasteiger partial charge in [-0.25, -0.2) is 0 Å². The first-order chi connectivity index (χ1) is 6.76. The number of hydrogen-bond acceptors (Lipinski definition) is 2. The maximum Gasteiger partial charge on any atom is 0.101 e. The lowest BCUT2D eigenvalue weighted by Gasteiger charge is -2.00. The predicted molar refractivity (Wildman–Crippen MR) is 63.6 cm³/mol. The summed E-state index contributed by atoms with van der Waals surface area (Å²) in [5, 5.41) is 10.2. The van der Waals surface area contributed by atoms with E-state index in [4.69, 9.17) is 5.26 Å². The van der Waals surface area contributed by atoms with E-state index >= 15 is 0 Å². The van der Waals surface area contributed by atoms with E-state index in [-0.39, 0.29) is 0 Å². The first kappa shape index (κ1) is 9.70. The third kappa shape index (κ3) is 1.45. The molecule has 0 N–H and O–H groups in total. The van der Waals surface area contributed by atoms with E-state index in [1.54, 1.807) is 11.3 Å². The Kier molecular flexibility index (Phi) is 2.58. The van der Waals surface area contributed by atoms with Crippen LogP contribution in [0.4, 0.5) is 0 Å². The highest BCUT2D eigenvalue weighted by Gasteiger charge is 2.08. The summed E-state index contributed by atoms with van der Waals surface area (Å²) >= 11 is 5.07. The molecule has 0 aliphatic rings. The van der Waals surface area contributed by atoms with Gasteiger partial charge in [0, 0.05) is 0 Å². The van der Waals surface area contributed by atoms with Gasteiger partial charge in [0.05, 0.1) is 14.0 Å². The van der Waals surface area contributed by atoms with Crippen molar-refractivity contribution in [2.75, 3.05) is 0 Å². The summed E-state index contributed by atoms with van der Waals surface area (Å²) in [6.07, 6.45) is 0.911. The number of fused-ring (bicyclic) bond motifs is 1. The zero-order chi connectivity index (χ0) is 10.1. The molecular weight excluding hydrogens is 258 g/mol. The second-order valence-electron chi connectivity index (χ2n) is 3.03. The van der Waals surface area contributed by atoms with Gasteiger partial charge in [0.2, 0.25) is 0 Å². The Morgan fingerprint density at radius 2 is 2.29 bits per heavy atom. The van der Waals surface area contributed by atoms with Gasteiger partial charge in [-0.2, -0.15) is 5.26 Å². The average molecular weight is 266 g/mol. The lowest BCUT2D eigenvalue weighted by atomic mass is 10.0. The highest BCUT2D eigenvalue weighted by molar-refractivity contribution is 9.11. The fourth-order valence-corrected chi connectivity index (χ4v) is 3.17. The normalized spacial score (nSPS) is 10.4. The summed E-state index contributed by atoms with van der Waals surface area (Å²) < 4.78 is 2.18. The van der Waals surface area contributed by atoms with Crippen LogP contribution in [-0.4, -0.2) is 0 Å². The van der Waals surface area contributed by atoms with E-state index in [1.165, 1.54) is 0 Å². The Bertz CT molecular complexity index is 522. The molecule has 0 saturated carbocycles. The maximum atomic E-state index is 9.10. The first-order valence-corrected chi connectivity index (χ1v) is 5.98. The molecule has 0 fully saturated rings. The zero-order valence-corrected chi connectivity index (χ0v) is 10.1. The molecule has 14 heavy (non-hydrogen) atoms. The summed E-state index contributed by atoms with van der Waals surface area (Å²) in [5.41, 5.74) is 1.97. The summed E-state index contributed by atoms with van der Waals surface area (Å²) in [5.74, 6) is 0. The summed E-state index contributed by atoms with van der Waals surface area (Å²) in [4.78, 5) is 0. The van der Waals surface area contributed by atoms with Crippen molar-refractivity contribution in [3.8, 4) is 6.07 Å². The molecule has 1 nitrogen and oxygen atoms in total. The van der Waals surface area contributed by atoms with Gasteiger partial charge in [0.25, 0.3) is 0 Å². The lowest BCUT2D eigenvalue weighted by molar-refractivity contribution is 1.14. The third-order valence-corrected chi connectivity index (χ3v) is 3.91. The van der Waals surface area contributed by atoms with Gasteiger partial charge in [0.1, 0.15) is 6.07 Å². The SMILES string of the molecule is CCc1ccc2cc(Br)sc2c1C#N. The third-order valence-electron chi connectivity index (χ3n) is 2.24. The van der Waals surface area contributed by atoms with Crippen LogP contribution in [0.3, 0.4) is 0 Å². The van der Waals surface area contributed by atoms with Crippen LogP contribution >= 0.6 is 27.3 Å². The van der Waals surface area contributed by atoms with Crippen LogP contribution in [0, 0.1) is 11.3 Å². The molecule has 0 aliphatic carbocycles. The molecule has 1 aromatic carbocycles. The van der Waals surface area contributed by atoms with E-state index in [1.807, 2.05) is 6.07 Å². The van der Waals surface area contributed by atoms with E-state index in [0.717, 1.165) is 31.4 Å². The number of hydrogen-bond donors (Lipinski definition) is 0. The van der Waals surface area contributed by atoms with Gasteiger partial charge >= 0.3 is 0 Å². The first-order valence-electron chi connectivity index (χ1n) is 4.37. The minimum absolute atomic E-state index is 0.834. The Hall–Kier alpha value is -0.850. The lowest BCUT2D eigenvalue weighted by Crippen LogP contribution is -1.86. The van der Waals surface area contributed by atoms with Crippen molar-refractivity contribution in [1.82, 2.24) is 0 Å². The minimum Gasteiger partial charge on any atom is -0.192 e. The largest absolute Gasteiger partial charge is 0.192 e. The molecule has 2 rings (SSSR count). The molecule has 0 aliphatic heterocycles. The van der Waals surface area contributed by atoms with Crippen LogP contribution in [0.15, 0.2) is 22.0 Å². The highest BCUT2D eigenvalue weighted by Crippen LogP contribution is 2.33. The molecular formula is C11H8BrNS. The van der Waals surface area contributed by atoms with Crippen LogP contribution < -0.4 is 0 Å². The predicted octanol–water partition coefficient (Wildman–Crippen LogP) is 4.10. The monoisotopic (exact) mass is 265 g/mol. The van der Waals surface area contributed by atoms with Crippen molar-refractivity contribution in [3.63, 3.8) is 0 Å². The fraction of sp³-hybridized carbons (Fsp3) is 0.182. The van der Waals surface area contributed by atoms with Gasteiger partial charge in [-0.1, -0.05) is 19.1 Å². The number of thiophene rings is 1. The molecule has 0 amide bonds.